The highest BCUT2D eigenvalue weighted by Crippen LogP contribution is 2.37. The SMILES string of the molecule is CC1Cc2ccc(S(N)(=O)=O)cc2N1C(=O)C1=Cc2cc(Br)ccc2C1. The summed E-state index contributed by atoms with van der Waals surface area (Å²) in [5.41, 5.74) is 4.44. The molecule has 1 heterocycles. The van der Waals surface area contributed by atoms with Gasteiger partial charge in [-0.2, -0.15) is 0 Å². The van der Waals surface area contributed by atoms with Crippen LogP contribution >= 0.6 is 15.9 Å². The number of amides is 1. The molecule has 1 aliphatic carbocycles. The quantitative estimate of drug-likeness (QED) is 0.791. The molecule has 0 bridgehead atoms. The summed E-state index contributed by atoms with van der Waals surface area (Å²) in [4.78, 5) is 14.9. The van der Waals surface area contributed by atoms with Gasteiger partial charge in [-0.15, -0.1) is 0 Å². The van der Waals surface area contributed by atoms with E-state index in [4.69, 9.17) is 5.14 Å². The Morgan fingerprint density at radius 2 is 1.92 bits per heavy atom. The van der Waals surface area contributed by atoms with Gasteiger partial charge < -0.3 is 4.90 Å². The van der Waals surface area contributed by atoms with Crippen LogP contribution in [0.25, 0.3) is 6.08 Å². The van der Waals surface area contributed by atoms with Gasteiger partial charge in [-0.05, 0) is 60.4 Å². The van der Waals surface area contributed by atoms with E-state index in [-0.39, 0.29) is 16.8 Å². The molecule has 0 aromatic heterocycles. The molecule has 0 radical (unpaired) electrons. The fourth-order valence-electron chi connectivity index (χ4n) is 3.67. The highest BCUT2D eigenvalue weighted by Gasteiger charge is 2.34. The van der Waals surface area contributed by atoms with Crippen LogP contribution in [0.15, 0.2) is 51.3 Å². The second-order valence-electron chi connectivity index (χ2n) is 6.75. The zero-order chi connectivity index (χ0) is 18.6. The summed E-state index contributed by atoms with van der Waals surface area (Å²) in [6.45, 7) is 1.97. The minimum Gasteiger partial charge on any atom is -0.305 e. The molecule has 26 heavy (non-hydrogen) atoms. The monoisotopic (exact) mass is 432 g/mol. The van der Waals surface area contributed by atoms with Crippen LogP contribution in [0.5, 0.6) is 0 Å². The third-order valence-electron chi connectivity index (χ3n) is 4.91. The Bertz CT molecular complexity index is 1080. The number of carbonyl (C=O) groups excluding carboxylic acids is 1. The van der Waals surface area contributed by atoms with E-state index in [1.54, 1.807) is 11.0 Å². The van der Waals surface area contributed by atoms with Gasteiger partial charge in [0.1, 0.15) is 0 Å². The molecule has 0 spiro atoms. The second-order valence-corrected chi connectivity index (χ2v) is 9.23. The maximum absolute atomic E-state index is 13.2. The predicted octanol–water partition coefficient (Wildman–Crippen LogP) is 3.01. The van der Waals surface area contributed by atoms with Gasteiger partial charge in [0.05, 0.1) is 4.90 Å². The zero-order valence-electron chi connectivity index (χ0n) is 14.1. The Kier molecular flexibility index (Phi) is 4.06. The molecule has 0 saturated heterocycles. The van der Waals surface area contributed by atoms with Crippen LogP contribution < -0.4 is 10.0 Å². The van der Waals surface area contributed by atoms with E-state index in [9.17, 15) is 13.2 Å². The first kappa shape index (κ1) is 17.5. The highest BCUT2D eigenvalue weighted by atomic mass is 79.9. The molecule has 2 aliphatic rings. The van der Waals surface area contributed by atoms with Crippen LogP contribution in [0.4, 0.5) is 5.69 Å². The van der Waals surface area contributed by atoms with E-state index < -0.39 is 10.0 Å². The lowest BCUT2D eigenvalue weighted by Crippen LogP contribution is -2.36. The average Bonchev–Trinajstić information content (AvgIpc) is 3.12. The van der Waals surface area contributed by atoms with Gasteiger partial charge in [-0.3, -0.25) is 4.79 Å². The molecule has 2 N–H and O–H groups in total. The van der Waals surface area contributed by atoms with Crippen molar-refractivity contribution in [1.82, 2.24) is 0 Å². The van der Waals surface area contributed by atoms with Crippen LogP contribution in [-0.2, 0) is 27.7 Å². The van der Waals surface area contributed by atoms with Crippen LogP contribution in [0.3, 0.4) is 0 Å². The molecular formula is C19H17BrN2O3S. The standard InChI is InChI=1S/C19H17BrN2O3S/c1-11-6-13-3-5-17(26(21,24)25)10-18(13)22(11)19(23)15-7-12-2-4-16(20)9-14(12)8-15/h2-5,8-11H,6-7H2,1H3,(H2,21,24,25). The lowest BCUT2D eigenvalue weighted by atomic mass is 10.1. The zero-order valence-corrected chi connectivity index (χ0v) is 16.5. The first-order valence-corrected chi connectivity index (χ1v) is 10.6. The molecule has 2 aromatic carbocycles. The van der Waals surface area contributed by atoms with Gasteiger partial charge in [0.15, 0.2) is 0 Å². The molecule has 0 saturated carbocycles. The molecule has 5 nitrogen and oxygen atoms in total. The van der Waals surface area contributed by atoms with Crippen molar-refractivity contribution in [2.75, 3.05) is 4.90 Å². The smallest absolute Gasteiger partial charge is 0.254 e. The fraction of sp³-hybridized carbons (Fsp3) is 0.211. The number of hydrogen-bond acceptors (Lipinski definition) is 3. The van der Waals surface area contributed by atoms with Crippen LogP contribution in [0.1, 0.15) is 23.6 Å². The Hall–Kier alpha value is -1.96. The number of anilines is 1. The minimum absolute atomic E-state index is 0.0239. The Morgan fingerprint density at radius 3 is 2.65 bits per heavy atom. The van der Waals surface area contributed by atoms with Crippen molar-refractivity contribution in [1.29, 1.82) is 0 Å². The molecule has 134 valence electrons. The number of benzene rings is 2. The van der Waals surface area contributed by atoms with Gasteiger partial charge in [0.25, 0.3) is 5.91 Å². The molecule has 0 fully saturated rings. The van der Waals surface area contributed by atoms with E-state index in [2.05, 4.69) is 15.9 Å². The van der Waals surface area contributed by atoms with Gasteiger partial charge >= 0.3 is 0 Å². The fourth-order valence-corrected chi connectivity index (χ4v) is 4.58. The van der Waals surface area contributed by atoms with Crippen molar-refractivity contribution in [3.8, 4) is 0 Å². The van der Waals surface area contributed by atoms with E-state index in [1.165, 1.54) is 12.1 Å². The number of halogens is 1. The maximum atomic E-state index is 13.2. The molecule has 7 heteroatoms. The second kappa shape index (κ2) is 6.04. The Labute approximate surface area is 160 Å². The average molecular weight is 433 g/mol. The van der Waals surface area contributed by atoms with E-state index in [0.29, 0.717) is 24.1 Å². The number of rotatable bonds is 2. The van der Waals surface area contributed by atoms with Crippen molar-refractivity contribution in [3.63, 3.8) is 0 Å². The summed E-state index contributed by atoms with van der Waals surface area (Å²) in [6, 6.07) is 10.7. The third kappa shape index (κ3) is 2.90. The summed E-state index contributed by atoms with van der Waals surface area (Å²) in [5, 5.41) is 5.25. The van der Waals surface area contributed by atoms with Crippen LogP contribution in [0, 0.1) is 0 Å². The number of nitrogens with two attached hydrogens (primary N) is 1. The molecular weight excluding hydrogens is 416 g/mol. The molecule has 2 aromatic rings. The van der Waals surface area contributed by atoms with Crippen LogP contribution in [0.2, 0.25) is 0 Å². The predicted molar refractivity (Wildman–Crippen MR) is 104 cm³/mol. The highest BCUT2D eigenvalue weighted by molar-refractivity contribution is 9.10. The molecule has 4 rings (SSSR count). The molecule has 1 amide bonds. The molecule has 1 unspecified atom stereocenters. The van der Waals surface area contributed by atoms with Crippen LogP contribution in [-0.4, -0.2) is 20.4 Å². The summed E-state index contributed by atoms with van der Waals surface area (Å²) in [7, 11) is -3.82. The third-order valence-corrected chi connectivity index (χ3v) is 6.32. The number of fused-ring (bicyclic) bond motifs is 2. The van der Waals surface area contributed by atoms with Gasteiger partial charge in [-0.1, -0.05) is 28.1 Å². The summed E-state index contributed by atoms with van der Waals surface area (Å²) in [5.74, 6) is -0.0878. The lowest BCUT2D eigenvalue weighted by molar-refractivity contribution is -0.115. The Balaban J connectivity index is 1.72. The van der Waals surface area contributed by atoms with Crippen molar-refractivity contribution < 1.29 is 13.2 Å². The summed E-state index contributed by atoms with van der Waals surface area (Å²) in [6.07, 6.45) is 3.18. The van der Waals surface area contributed by atoms with E-state index in [0.717, 1.165) is 21.2 Å². The van der Waals surface area contributed by atoms with Gasteiger partial charge in [-0.25, -0.2) is 13.6 Å². The normalized spacial score (nSPS) is 18.5. The first-order chi connectivity index (χ1) is 12.2. The number of sulfonamides is 1. The number of hydrogen-bond donors (Lipinski definition) is 1. The van der Waals surface area contributed by atoms with Crippen molar-refractivity contribution in [3.05, 3.63) is 63.1 Å². The largest absolute Gasteiger partial charge is 0.305 e. The van der Waals surface area contributed by atoms with E-state index in [1.807, 2.05) is 31.2 Å². The van der Waals surface area contributed by atoms with Crippen molar-refractivity contribution >= 4 is 43.6 Å². The summed E-state index contributed by atoms with van der Waals surface area (Å²) < 4.78 is 24.3. The molecule has 1 atom stereocenters. The van der Waals surface area contributed by atoms with Crippen molar-refractivity contribution in [2.24, 2.45) is 5.14 Å². The lowest BCUT2D eigenvalue weighted by Gasteiger charge is -2.23. The number of primary sulfonamides is 1. The molecule has 1 aliphatic heterocycles. The first-order valence-electron chi connectivity index (χ1n) is 8.22. The van der Waals surface area contributed by atoms with E-state index >= 15 is 0 Å². The Morgan fingerprint density at radius 1 is 1.19 bits per heavy atom. The van der Waals surface area contributed by atoms with Gasteiger partial charge in [0.2, 0.25) is 10.0 Å². The number of nitrogens with zero attached hydrogens (tertiary/aromatic N) is 1. The van der Waals surface area contributed by atoms with Crippen molar-refractivity contribution in [2.45, 2.75) is 30.7 Å². The topological polar surface area (TPSA) is 80.5 Å². The summed E-state index contributed by atoms with van der Waals surface area (Å²) >= 11 is 3.45. The minimum atomic E-state index is -3.82. The maximum Gasteiger partial charge on any atom is 0.254 e. The van der Waals surface area contributed by atoms with Gasteiger partial charge in [0, 0.05) is 28.2 Å². The number of carbonyl (C=O) groups is 1.